The van der Waals surface area contributed by atoms with Crippen LogP contribution < -0.4 is 0 Å². The highest BCUT2D eigenvalue weighted by molar-refractivity contribution is 7.93. The summed E-state index contributed by atoms with van der Waals surface area (Å²) in [4.78, 5) is -0.420. The minimum Gasteiger partial charge on any atom is -0.249 e. The lowest BCUT2D eigenvalue weighted by Crippen LogP contribution is -2.04. The van der Waals surface area contributed by atoms with E-state index in [0.717, 1.165) is 12.1 Å². The Labute approximate surface area is 101 Å². The molecule has 4 nitrogen and oxygen atoms in total. The average molecular weight is 279 g/mol. The van der Waals surface area contributed by atoms with Crippen molar-refractivity contribution in [2.24, 2.45) is 4.36 Å². The lowest BCUT2D eigenvalue weighted by molar-refractivity contribution is 0.552. The molecule has 17 heavy (non-hydrogen) atoms. The van der Waals surface area contributed by atoms with E-state index in [1.807, 2.05) is 0 Å². The molecule has 0 aromatic heterocycles. The van der Waals surface area contributed by atoms with Gasteiger partial charge < -0.3 is 0 Å². The first kappa shape index (κ1) is 14.1. The normalized spacial score (nSPS) is 12.4. The molecule has 0 spiro atoms. The minimum atomic E-state index is -4.69. The van der Waals surface area contributed by atoms with Gasteiger partial charge in [0.1, 0.15) is 0 Å². The molecule has 0 saturated carbocycles. The van der Waals surface area contributed by atoms with Crippen molar-refractivity contribution in [1.29, 1.82) is 0 Å². The molecule has 0 heterocycles. The summed E-state index contributed by atoms with van der Waals surface area (Å²) in [6.07, 6.45) is 0. The molecule has 1 rings (SSSR count). The van der Waals surface area contributed by atoms with E-state index in [4.69, 9.17) is 0 Å². The van der Waals surface area contributed by atoms with Crippen molar-refractivity contribution in [3.8, 4) is 0 Å². The van der Waals surface area contributed by atoms with Gasteiger partial charge in [0.05, 0.1) is 20.3 Å². The molecule has 0 atom stereocenters. The number of benzene rings is 1. The molecule has 0 saturated heterocycles. The van der Waals surface area contributed by atoms with Gasteiger partial charge in [-0.15, -0.1) is 3.89 Å². The molecule has 1 aromatic carbocycles. The Morgan fingerprint density at radius 3 is 1.88 bits per heavy atom. The Bertz CT molecular complexity index is 589. The first-order chi connectivity index (χ1) is 7.80. The van der Waals surface area contributed by atoms with Crippen LogP contribution in [0.5, 0.6) is 0 Å². The predicted molar refractivity (Wildman–Crippen MR) is 66.0 cm³/mol. The van der Waals surface area contributed by atoms with Gasteiger partial charge in [-0.1, -0.05) is 13.8 Å². The third kappa shape index (κ3) is 3.78. The molecule has 0 radical (unpaired) electrons. The maximum atomic E-state index is 12.6. The van der Waals surface area contributed by atoms with E-state index in [2.05, 4.69) is 4.36 Å². The fourth-order valence-electron chi connectivity index (χ4n) is 1.19. The van der Waals surface area contributed by atoms with Crippen molar-refractivity contribution in [2.45, 2.75) is 18.7 Å². The van der Waals surface area contributed by atoms with Crippen LogP contribution in [0, 0.1) is 0 Å². The van der Waals surface area contributed by atoms with Gasteiger partial charge in [-0.25, -0.2) is 4.21 Å². The van der Waals surface area contributed by atoms with E-state index in [1.54, 1.807) is 13.8 Å². The number of halogens is 1. The van der Waals surface area contributed by atoms with Crippen LogP contribution in [0.15, 0.2) is 33.5 Å². The fourth-order valence-corrected chi connectivity index (χ4v) is 2.83. The van der Waals surface area contributed by atoms with Crippen LogP contribution in [0.3, 0.4) is 0 Å². The number of rotatable bonds is 4. The molecule has 0 N–H and O–H groups in total. The number of hydrogen-bond acceptors (Lipinski definition) is 4. The Morgan fingerprint density at radius 2 is 1.53 bits per heavy atom. The second-order valence-corrected chi connectivity index (χ2v) is 7.60. The van der Waals surface area contributed by atoms with E-state index in [0.29, 0.717) is 17.2 Å². The van der Waals surface area contributed by atoms with Crippen LogP contribution in [0.25, 0.3) is 0 Å². The number of nitrogens with zero attached hydrogens (tertiary/aromatic N) is 1. The Kier molecular flexibility index (Phi) is 4.26. The van der Waals surface area contributed by atoms with Gasteiger partial charge in [0, 0.05) is 11.5 Å². The molecule has 0 fully saturated rings. The molecule has 0 aliphatic carbocycles. The van der Waals surface area contributed by atoms with E-state index in [-0.39, 0.29) is 0 Å². The Morgan fingerprint density at radius 1 is 1.06 bits per heavy atom. The molecule has 0 bridgehead atoms. The molecule has 96 valence electrons. The quantitative estimate of drug-likeness (QED) is 0.795. The second kappa shape index (κ2) is 5.14. The highest BCUT2D eigenvalue weighted by Crippen LogP contribution is 2.19. The maximum Gasteiger partial charge on any atom is 0.332 e. The van der Waals surface area contributed by atoms with Crippen molar-refractivity contribution in [3.05, 3.63) is 24.3 Å². The lowest BCUT2D eigenvalue weighted by Gasteiger charge is -2.04. The van der Waals surface area contributed by atoms with Crippen LogP contribution in [0.4, 0.5) is 9.57 Å². The predicted octanol–water partition coefficient (Wildman–Crippen LogP) is 2.48. The highest BCUT2D eigenvalue weighted by Gasteiger charge is 2.11. The smallest absolute Gasteiger partial charge is 0.249 e. The second-order valence-electron chi connectivity index (χ2n) is 3.37. The molecule has 1 aromatic rings. The summed E-state index contributed by atoms with van der Waals surface area (Å²) in [6, 6.07) is 4.91. The standard InChI is InChI=1S/C10H14FNO3S2/c1-3-16(13,4-2)12-9-5-7-10(8-6-9)17(11,14)15/h5-8H,3-4H2,1-2H3. The molecule has 0 amide bonds. The third-order valence-corrected chi connectivity index (χ3v) is 5.48. The molecular formula is C10H14FNO3S2. The fraction of sp³-hybridized carbons (Fsp3) is 0.400. The van der Waals surface area contributed by atoms with Crippen molar-refractivity contribution in [2.75, 3.05) is 11.5 Å². The summed E-state index contributed by atoms with van der Waals surface area (Å²) in [5.41, 5.74) is 0.395. The van der Waals surface area contributed by atoms with Gasteiger partial charge in [0.15, 0.2) is 0 Å². The summed E-state index contributed by atoms with van der Waals surface area (Å²) in [5, 5.41) is 0. The van der Waals surface area contributed by atoms with E-state index < -0.39 is 24.8 Å². The monoisotopic (exact) mass is 279 g/mol. The lowest BCUT2D eigenvalue weighted by atomic mass is 10.3. The van der Waals surface area contributed by atoms with E-state index >= 15 is 0 Å². The summed E-state index contributed by atoms with van der Waals surface area (Å²) in [7, 11) is -6.97. The van der Waals surface area contributed by atoms with Crippen molar-refractivity contribution in [1.82, 2.24) is 0 Å². The van der Waals surface area contributed by atoms with Crippen LogP contribution in [-0.2, 0) is 20.0 Å². The van der Waals surface area contributed by atoms with Gasteiger partial charge in [-0.3, -0.25) is 0 Å². The summed E-state index contributed by atoms with van der Waals surface area (Å²) < 4.78 is 49.9. The van der Waals surface area contributed by atoms with E-state index in [1.165, 1.54) is 12.1 Å². The average Bonchev–Trinajstić information content (AvgIpc) is 2.28. The van der Waals surface area contributed by atoms with Gasteiger partial charge in [0.2, 0.25) is 0 Å². The largest absolute Gasteiger partial charge is 0.332 e. The minimum absolute atomic E-state index is 0.395. The van der Waals surface area contributed by atoms with Crippen LogP contribution in [0.1, 0.15) is 13.8 Å². The van der Waals surface area contributed by atoms with Crippen LogP contribution in [-0.4, -0.2) is 24.1 Å². The number of hydrogen-bond donors (Lipinski definition) is 0. The first-order valence-corrected chi connectivity index (χ1v) is 8.31. The van der Waals surface area contributed by atoms with Gasteiger partial charge in [0.25, 0.3) is 0 Å². The van der Waals surface area contributed by atoms with Crippen molar-refractivity contribution < 1.29 is 16.5 Å². The van der Waals surface area contributed by atoms with Crippen molar-refractivity contribution >= 4 is 25.6 Å². The Hall–Kier alpha value is -0.950. The molecule has 0 aliphatic heterocycles. The van der Waals surface area contributed by atoms with Gasteiger partial charge >= 0.3 is 10.2 Å². The zero-order chi connectivity index (χ0) is 13.1. The SMILES string of the molecule is CCS(=O)(CC)=Nc1ccc(S(=O)(=O)F)cc1. The van der Waals surface area contributed by atoms with Crippen molar-refractivity contribution in [3.63, 3.8) is 0 Å². The van der Waals surface area contributed by atoms with Gasteiger partial charge in [-0.2, -0.15) is 12.8 Å². The Balaban J connectivity index is 3.18. The highest BCUT2D eigenvalue weighted by atomic mass is 32.3. The molecule has 0 unspecified atom stereocenters. The van der Waals surface area contributed by atoms with Crippen LogP contribution >= 0.6 is 0 Å². The maximum absolute atomic E-state index is 12.6. The zero-order valence-electron chi connectivity index (χ0n) is 9.59. The molecule has 0 aliphatic rings. The summed E-state index contributed by atoms with van der Waals surface area (Å²) >= 11 is 0. The summed E-state index contributed by atoms with van der Waals surface area (Å²) in [5.74, 6) is 0.847. The summed E-state index contributed by atoms with van der Waals surface area (Å²) in [6.45, 7) is 3.55. The molecule has 7 heteroatoms. The first-order valence-electron chi connectivity index (χ1n) is 5.08. The zero-order valence-corrected chi connectivity index (χ0v) is 11.2. The van der Waals surface area contributed by atoms with E-state index in [9.17, 15) is 16.5 Å². The molecular weight excluding hydrogens is 265 g/mol. The third-order valence-electron chi connectivity index (χ3n) is 2.29. The van der Waals surface area contributed by atoms with Gasteiger partial charge in [-0.05, 0) is 24.3 Å². The topological polar surface area (TPSA) is 63.6 Å². The van der Waals surface area contributed by atoms with Crippen LogP contribution in [0.2, 0.25) is 0 Å².